The molecule has 5 aromatic rings. The first kappa shape index (κ1) is 25.5. The summed E-state index contributed by atoms with van der Waals surface area (Å²) in [5.74, 6) is 0.308. The van der Waals surface area contributed by atoms with Crippen LogP contribution < -0.4 is 4.74 Å². The number of ether oxygens (including phenoxy) is 2. The minimum Gasteiger partial charge on any atom is -0.473 e. The second kappa shape index (κ2) is 11.1. The Labute approximate surface area is 230 Å². The van der Waals surface area contributed by atoms with Gasteiger partial charge in [-0.1, -0.05) is 41.9 Å². The normalized spacial score (nSPS) is 15.2. The highest BCUT2D eigenvalue weighted by molar-refractivity contribution is 6.30. The van der Waals surface area contributed by atoms with Crippen LogP contribution in [-0.4, -0.2) is 27.2 Å². The second-order valence-electron chi connectivity index (χ2n) is 9.65. The van der Waals surface area contributed by atoms with Crippen molar-refractivity contribution in [1.29, 1.82) is 0 Å². The van der Waals surface area contributed by atoms with Crippen LogP contribution in [0.15, 0.2) is 78.9 Å². The van der Waals surface area contributed by atoms with E-state index in [0.29, 0.717) is 29.1 Å². The van der Waals surface area contributed by atoms with Crippen molar-refractivity contribution >= 4 is 22.6 Å². The molecule has 198 valence electrons. The average molecular weight is 546 g/mol. The molecule has 0 bridgehead atoms. The fourth-order valence-corrected chi connectivity index (χ4v) is 5.06. The summed E-state index contributed by atoms with van der Waals surface area (Å²) in [6, 6.07) is 22.9. The molecule has 1 unspecified atom stereocenters. The van der Waals surface area contributed by atoms with E-state index in [4.69, 9.17) is 26.1 Å². The van der Waals surface area contributed by atoms with Gasteiger partial charge in [0, 0.05) is 24.7 Å². The van der Waals surface area contributed by atoms with Crippen LogP contribution in [0, 0.1) is 11.6 Å². The molecule has 1 aliphatic rings. The topological polar surface area (TPSA) is 49.2 Å². The van der Waals surface area contributed by atoms with Gasteiger partial charge in [-0.15, -0.1) is 0 Å². The van der Waals surface area contributed by atoms with Gasteiger partial charge in [0.05, 0.1) is 34.4 Å². The van der Waals surface area contributed by atoms with Gasteiger partial charge in [-0.05, 0) is 66.4 Å². The summed E-state index contributed by atoms with van der Waals surface area (Å²) in [5, 5.41) is 0.0536. The Morgan fingerprint density at radius 1 is 0.923 bits per heavy atom. The number of pyridine rings is 1. The molecule has 0 N–H and O–H groups in total. The van der Waals surface area contributed by atoms with E-state index in [1.54, 1.807) is 30.3 Å². The van der Waals surface area contributed by atoms with Crippen molar-refractivity contribution < 1.29 is 18.3 Å². The number of halogens is 3. The highest BCUT2D eigenvalue weighted by atomic mass is 35.5. The Kier molecular flexibility index (Phi) is 7.26. The summed E-state index contributed by atoms with van der Waals surface area (Å²) < 4.78 is 42.9. The van der Waals surface area contributed by atoms with E-state index in [9.17, 15) is 4.39 Å². The lowest BCUT2D eigenvalue weighted by Gasteiger charge is -2.14. The molecule has 5 nitrogen and oxygen atoms in total. The summed E-state index contributed by atoms with van der Waals surface area (Å²) >= 11 is 5.74. The van der Waals surface area contributed by atoms with Crippen molar-refractivity contribution in [3.63, 3.8) is 0 Å². The van der Waals surface area contributed by atoms with Gasteiger partial charge in [-0.2, -0.15) is 0 Å². The van der Waals surface area contributed by atoms with E-state index in [2.05, 4.69) is 15.6 Å². The van der Waals surface area contributed by atoms with Crippen LogP contribution in [0.3, 0.4) is 0 Å². The van der Waals surface area contributed by atoms with E-state index in [1.807, 2.05) is 24.3 Å². The Morgan fingerprint density at radius 2 is 1.77 bits per heavy atom. The third-order valence-corrected chi connectivity index (χ3v) is 7.22. The van der Waals surface area contributed by atoms with Crippen LogP contribution in [0.4, 0.5) is 8.78 Å². The van der Waals surface area contributed by atoms with E-state index in [1.165, 1.54) is 18.2 Å². The maximum atomic E-state index is 15.4. The van der Waals surface area contributed by atoms with Crippen LogP contribution in [0.2, 0.25) is 5.02 Å². The quantitative estimate of drug-likeness (QED) is 0.204. The number of aromatic nitrogens is 3. The number of imidazole rings is 1. The van der Waals surface area contributed by atoms with Gasteiger partial charge in [0.15, 0.2) is 0 Å². The summed E-state index contributed by atoms with van der Waals surface area (Å²) in [7, 11) is 0. The van der Waals surface area contributed by atoms with Crippen LogP contribution >= 0.6 is 11.6 Å². The first-order valence-electron chi connectivity index (χ1n) is 12.9. The molecule has 6 rings (SSSR count). The summed E-state index contributed by atoms with van der Waals surface area (Å²) in [6.07, 6.45) is 2.76. The Morgan fingerprint density at radius 3 is 2.59 bits per heavy atom. The maximum absolute atomic E-state index is 15.4. The molecule has 0 amide bonds. The molecule has 0 saturated carbocycles. The first-order chi connectivity index (χ1) is 19.0. The van der Waals surface area contributed by atoms with Crippen LogP contribution in [0.1, 0.15) is 29.8 Å². The SMILES string of the molecule is Fc1cc(COc2cccc(-c3ccc(Cc4nc5ccccc5n4CC4CCCO4)cc3F)n2)ccc1Cl. The Hall–Kier alpha value is -3.81. The summed E-state index contributed by atoms with van der Waals surface area (Å²) in [6.45, 7) is 1.63. The zero-order valence-electron chi connectivity index (χ0n) is 21.1. The van der Waals surface area contributed by atoms with E-state index in [0.717, 1.165) is 48.4 Å². The minimum absolute atomic E-state index is 0.0536. The van der Waals surface area contributed by atoms with Crippen molar-refractivity contribution in [2.45, 2.75) is 38.5 Å². The molecule has 39 heavy (non-hydrogen) atoms. The van der Waals surface area contributed by atoms with Crippen molar-refractivity contribution in [3.05, 3.63) is 112 Å². The molecular formula is C31H26ClF2N3O2. The minimum atomic E-state index is -0.510. The smallest absolute Gasteiger partial charge is 0.214 e. The van der Waals surface area contributed by atoms with Gasteiger partial charge in [0.25, 0.3) is 0 Å². The van der Waals surface area contributed by atoms with Crippen molar-refractivity contribution in [3.8, 4) is 17.1 Å². The summed E-state index contributed by atoms with van der Waals surface area (Å²) in [5.41, 5.74) is 4.23. The zero-order valence-corrected chi connectivity index (χ0v) is 21.9. The average Bonchev–Trinajstić information content (AvgIpc) is 3.58. The van der Waals surface area contributed by atoms with Gasteiger partial charge in [-0.3, -0.25) is 0 Å². The molecule has 3 heterocycles. The van der Waals surface area contributed by atoms with E-state index >= 15 is 4.39 Å². The monoisotopic (exact) mass is 545 g/mol. The predicted molar refractivity (Wildman–Crippen MR) is 147 cm³/mol. The maximum Gasteiger partial charge on any atom is 0.214 e. The first-order valence-corrected chi connectivity index (χ1v) is 13.3. The zero-order chi connectivity index (χ0) is 26.8. The molecule has 0 aliphatic carbocycles. The van der Waals surface area contributed by atoms with Gasteiger partial charge < -0.3 is 14.0 Å². The van der Waals surface area contributed by atoms with E-state index < -0.39 is 5.82 Å². The number of hydrogen-bond acceptors (Lipinski definition) is 4. The third-order valence-electron chi connectivity index (χ3n) is 6.91. The lowest BCUT2D eigenvalue weighted by molar-refractivity contribution is 0.0973. The summed E-state index contributed by atoms with van der Waals surface area (Å²) in [4.78, 5) is 9.31. The lowest BCUT2D eigenvalue weighted by Crippen LogP contribution is -2.17. The number of hydrogen-bond donors (Lipinski definition) is 0. The Balaban J connectivity index is 1.21. The number of fused-ring (bicyclic) bond motifs is 1. The molecule has 2 aromatic heterocycles. The molecule has 1 fully saturated rings. The van der Waals surface area contributed by atoms with Crippen LogP contribution in [0.25, 0.3) is 22.3 Å². The highest BCUT2D eigenvalue weighted by Crippen LogP contribution is 2.27. The van der Waals surface area contributed by atoms with Crippen molar-refractivity contribution in [2.75, 3.05) is 6.61 Å². The van der Waals surface area contributed by atoms with Gasteiger partial charge in [0.2, 0.25) is 5.88 Å². The van der Waals surface area contributed by atoms with Gasteiger partial charge in [-0.25, -0.2) is 18.7 Å². The molecular weight excluding hydrogens is 520 g/mol. The largest absolute Gasteiger partial charge is 0.473 e. The second-order valence-corrected chi connectivity index (χ2v) is 10.1. The molecule has 3 aromatic carbocycles. The molecule has 0 spiro atoms. The molecule has 1 atom stereocenters. The fraction of sp³-hybridized carbons (Fsp3) is 0.226. The molecule has 0 radical (unpaired) electrons. The number of rotatable bonds is 8. The highest BCUT2D eigenvalue weighted by Gasteiger charge is 2.20. The van der Waals surface area contributed by atoms with Crippen LogP contribution in [0.5, 0.6) is 5.88 Å². The number of benzene rings is 3. The Bertz CT molecular complexity index is 1630. The van der Waals surface area contributed by atoms with Crippen molar-refractivity contribution in [1.82, 2.24) is 14.5 Å². The molecule has 1 saturated heterocycles. The van der Waals surface area contributed by atoms with Gasteiger partial charge in [0.1, 0.15) is 24.1 Å². The van der Waals surface area contributed by atoms with Crippen molar-refractivity contribution in [2.24, 2.45) is 0 Å². The van der Waals surface area contributed by atoms with Crippen LogP contribution in [-0.2, 0) is 24.3 Å². The van der Waals surface area contributed by atoms with E-state index in [-0.39, 0.29) is 23.6 Å². The predicted octanol–water partition coefficient (Wildman–Crippen LogP) is 7.38. The lowest BCUT2D eigenvalue weighted by atomic mass is 10.1. The molecule has 1 aliphatic heterocycles. The number of nitrogens with zero attached hydrogens (tertiary/aromatic N) is 3. The fourth-order valence-electron chi connectivity index (χ4n) is 4.95. The molecule has 8 heteroatoms. The third kappa shape index (κ3) is 5.65. The van der Waals surface area contributed by atoms with Gasteiger partial charge >= 0.3 is 0 Å². The number of para-hydroxylation sites is 2. The standard InChI is InChI=1S/C31H26ClF2N3O2/c32-24-13-11-21(16-26(24)34)19-39-31-9-3-7-27(36-31)23-12-10-20(15-25(23)33)17-30-35-28-6-1-2-8-29(28)37(30)18-22-5-4-14-38-22/h1-3,6-13,15-16,22H,4-5,14,17-19H2.